The van der Waals surface area contributed by atoms with Crippen LogP contribution in [0.3, 0.4) is 0 Å². The Kier molecular flexibility index (Phi) is 5.31. The number of methoxy groups -OCH3 is 1. The average molecular weight is 366 g/mol. The number of nitrogens with zero attached hydrogens (tertiary/aromatic N) is 1. The molecule has 2 aromatic rings. The number of carbonyl (C=O) groups excluding carboxylic acids is 1. The van der Waals surface area contributed by atoms with E-state index in [0.29, 0.717) is 6.54 Å². The minimum Gasteiger partial charge on any atom is -0.497 e. The molecule has 2 aromatic carbocycles. The molecule has 0 N–H and O–H groups in total. The van der Waals surface area contributed by atoms with E-state index < -0.39 is 5.82 Å². The first kappa shape index (κ1) is 17.1. The molecule has 0 bridgehead atoms. The van der Waals surface area contributed by atoms with Crippen molar-refractivity contribution in [1.82, 2.24) is 0 Å². The summed E-state index contributed by atoms with van der Waals surface area (Å²) in [4.78, 5) is 15.2. The average Bonchev–Trinajstić information content (AvgIpc) is 2.61. The van der Waals surface area contributed by atoms with E-state index in [1.165, 1.54) is 17.8 Å². The summed E-state index contributed by atoms with van der Waals surface area (Å²) in [7, 11) is 1.64. The van der Waals surface area contributed by atoms with Crippen LogP contribution in [0.4, 0.5) is 10.1 Å². The molecule has 0 saturated heterocycles. The van der Waals surface area contributed by atoms with Crippen LogP contribution in [0.5, 0.6) is 5.75 Å². The molecule has 0 spiro atoms. The Bertz CT molecular complexity index is 769. The standard InChI is InChI=1S/C18H17ClFNO2S/c1-23-13-4-7-17-12(9-13)3-2-8-21(17)18(22)11-24-14-5-6-16(20)15(19)10-14/h4-7,9-10H,2-3,8,11H2,1H3. The van der Waals surface area contributed by atoms with Crippen molar-refractivity contribution in [2.24, 2.45) is 0 Å². The number of halogens is 2. The molecule has 0 saturated carbocycles. The first-order valence-electron chi connectivity index (χ1n) is 7.63. The molecule has 1 aliphatic rings. The molecule has 0 radical (unpaired) electrons. The molecule has 0 unspecified atom stereocenters. The molecule has 3 rings (SSSR count). The van der Waals surface area contributed by atoms with Gasteiger partial charge in [0.25, 0.3) is 0 Å². The molecule has 0 atom stereocenters. The summed E-state index contributed by atoms with van der Waals surface area (Å²) < 4.78 is 18.4. The normalized spacial score (nSPS) is 13.5. The first-order chi connectivity index (χ1) is 11.6. The highest BCUT2D eigenvalue weighted by Crippen LogP contribution is 2.32. The number of hydrogen-bond donors (Lipinski definition) is 0. The van der Waals surface area contributed by atoms with Crippen LogP contribution < -0.4 is 9.64 Å². The highest BCUT2D eigenvalue weighted by atomic mass is 35.5. The molecule has 24 heavy (non-hydrogen) atoms. The molecule has 0 aromatic heterocycles. The van der Waals surface area contributed by atoms with Gasteiger partial charge in [0.15, 0.2) is 0 Å². The van der Waals surface area contributed by atoms with Gasteiger partial charge in [0, 0.05) is 17.1 Å². The molecule has 0 aliphatic carbocycles. The largest absolute Gasteiger partial charge is 0.497 e. The van der Waals surface area contributed by atoms with Crippen LogP contribution in [0, 0.1) is 5.82 Å². The van der Waals surface area contributed by atoms with Crippen LogP contribution >= 0.6 is 23.4 Å². The second kappa shape index (κ2) is 7.45. The van der Waals surface area contributed by atoms with Crippen LogP contribution in [-0.4, -0.2) is 25.3 Å². The number of carbonyl (C=O) groups is 1. The van der Waals surface area contributed by atoms with Crippen molar-refractivity contribution in [1.29, 1.82) is 0 Å². The van der Waals surface area contributed by atoms with E-state index in [-0.39, 0.29) is 16.7 Å². The lowest BCUT2D eigenvalue weighted by molar-refractivity contribution is -0.116. The van der Waals surface area contributed by atoms with E-state index in [1.807, 2.05) is 23.1 Å². The Hall–Kier alpha value is -1.72. The summed E-state index contributed by atoms with van der Waals surface area (Å²) >= 11 is 7.14. The number of benzene rings is 2. The Morgan fingerprint density at radius 3 is 2.92 bits per heavy atom. The van der Waals surface area contributed by atoms with Gasteiger partial charge in [0.2, 0.25) is 5.91 Å². The zero-order valence-electron chi connectivity index (χ0n) is 13.2. The first-order valence-corrected chi connectivity index (χ1v) is 9.00. The van der Waals surface area contributed by atoms with E-state index in [2.05, 4.69) is 0 Å². The van der Waals surface area contributed by atoms with Crippen LogP contribution in [0.2, 0.25) is 5.02 Å². The Morgan fingerprint density at radius 1 is 1.33 bits per heavy atom. The van der Waals surface area contributed by atoms with Crippen molar-refractivity contribution in [3.63, 3.8) is 0 Å². The van der Waals surface area contributed by atoms with Crippen molar-refractivity contribution < 1.29 is 13.9 Å². The molecule has 1 aliphatic heterocycles. The predicted molar refractivity (Wildman–Crippen MR) is 95.8 cm³/mol. The van der Waals surface area contributed by atoms with Gasteiger partial charge in [-0.25, -0.2) is 4.39 Å². The lowest BCUT2D eigenvalue weighted by Crippen LogP contribution is -2.36. The third-order valence-electron chi connectivity index (χ3n) is 3.96. The fourth-order valence-corrected chi connectivity index (χ4v) is 3.81. The van der Waals surface area contributed by atoms with Gasteiger partial charge in [-0.15, -0.1) is 11.8 Å². The SMILES string of the molecule is COc1ccc2c(c1)CCCN2C(=O)CSc1ccc(F)c(Cl)c1. The molecule has 1 amide bonds. The second-order valence-electron chi connectivity index (χ2n) is 5.51. The highest BCUT2D eigenvalue weighted by molar-refractivity contribution is 8.00. The van der Waals surface area contributed by atoms with Gasteiger partial charge >= 0.3 is 0 Å². The van der Waals surface area contributed by atoms with E-state index in [4.69, 9.17) is 16.3 Å². The van der Waals surface area contributed by atoms with E-state index >= 15 is 0 Å². The number of ether oxygens (including phenoxy) is 1. The number of rotatable bonds is 4. The molecular formula is C18H17ClFNO2S. The van der Waals surface area contributed by atoms with Crippen LogP contribution in [-0.2, 0) is 11.2 Å². The Morgan fingerprint density at radius 2 is 2.17 bits per heavy atom. The van der Waals surface area contributed by atoms with E-state index in [0.717, 1.165) is 34.7 Å². The Balaban J connectivity index is 1.71. The maximum atomic E-state index is 13.2. The molecule has 6 heteroatoms. The van der Waals surface area contributed by atoms with Gasteiger partial charge in [-0.05, 0) is 54.8 Å². The van der Waals surface area contributed by atoms with Gasteiger partial charge < -0.3 is 9.64 Å². The smallest absolute Gasteiger partial charge is 0.237 e. The van der Waals surface area contributed by atoms with Crippen molar-refractivity contribution in [2.75, 3.05) is 24.3 Å². The molecule has 126 valence electrons. The third-order valence-corrected chi connectivity index (χ3v) is 5.23. The lowest BCUT2D eigenvalue weighted by Gasteiger charge is -2.29. The fraction of sp³-hybridized carbons (Fsp3) is 0.278. The molecular weight excluding hydrogens is 349 g/mol. The second-order valence-corrected chi connectivity index (χ2v) is 6.96. The topological polar surface area (TPSA) is 29.5 Å². The number of thioether (sulfide) groups is 1. The van der Waals surface area contributed by atoms with Crippen molar-refractivity contribution in [2.45, 2.75) is 17.7 Å². The van der Waals surface area contributed by atoms with Crippen LogP contribution in [0.15, 0.2) is 41.3 Å². The summed E-state index contributed by atoms with van der Waals surface area (Å²) in [5, 5.41) is 0.0721. The van der Waals surface area contributed by atoms with Gasteiger partial charge in [0.05, 0.1) is 17.9 Å². The van der Waals surface area contributed by atoms with Gasteiger partial charge in [-0.2, -0.15) is 0 Å². The zero-order chi connectivity index (χ0) is 17.1. The number of fused-ring (bicyclic) bond motifs is 1. The Labute approximate surface area is 149 Å². The van der Waals surface area contributed by atoms with Crippen LogP contribution in [0.25, 0.3) is 0 Å². The number of anilines is 1. The maximum Gasteiger partial charge on any atom is 0.237 e. The fourth-order valence-electron chi connectivity index (χ4n) is 2.75. The summed E-state index contributed by atoms with van der Waals surface area (Å²) in [6.45, 7) is 0.711. The molecule has 3 nitrogen and oxygen atoms in total. The summed E-state index contributed by atoms with van der Waals surface area (Å²) in [6, 6.07) is 10.3. The minimum absolute atomic E-state index is 0.0339. The minimum atomic E-state index is -0.453. The monoisotopic (exact) mass is 365 g/mol. The van der Waals surface area contributed by atoms with E-state index in [9.17, 15) is 9.18 Å². The lowest BCUT2D eigenvalue weighted by atomic mass is 10.0. The summed E-state index contributed by atoms with van der Waals surface area (Å²) in [6.07, 6.45) is 1.87. The zero-order valence-corrected chi connectivity index (χ0v) is 14.8. The summed E-state index contributed by atoms with van der Waals surface area (Å²) in [5.74, 6) is 0.671. The van der Waals surface area contributed by atoms with Gasteiger partial charge in [-0.1, -0.05) is 11.6 Å². The van der Waals surface area contributed by atoms with Crippen LogP contribution in [0.1, 0.15) is 12.0 Å². The van der Waals surface area contributed by atoms with Gasteiger partial charge in [0.1, 0.15) is 11.6 Å². The number of aryl methyl sites for hydroxylation is 1. The van der Waals surface area contributed by atoms with Crippen molar-refractivity contribution in [3.8, 4) is 5.75 Å². The summed E-state index contributed by atoms with van der Waals surface area (Å²) in [5.41, 5.74) is 2.08. The quantitative estimate of drug-likeness (QED) is 0.744. The van der Waals surface area contributed by atoms with E-state index in [1.54, 1.807) is 19.2 Å². The van der Waals surface area contributed by atoms with Crippen molar-refractivity contribution >= 4 is 35.0 Å². The highest BCUT2D eigenvalue weighted by Gasteiger charge is 2.23. The molecule has 1 heterocycles. The van der Waals surface area contributed by atoms with Gasteiger partial charge in [-0.3, -0.25) is 4.79 Å². The van der Waals surface area contributed by atoms with Crippen molar-refractivity contribution in [3.05, 3.63) is 52.8 Å². The number of hydrogen-bond acceptors (Lipinski definition) is 3. The number of amides is 1. The molecule has 0 fully saturated rings. The predicted octanol–water partition coefficient (Wildman–Crippen LogP) is 4.56. The maximum absolute atomic E-state index is 13.2. The third kappa shape index (κ3) is 3.68.